The smallest absolute Gasteiger partial charge is 0.232 e. The molecule has 0 radical (unpaired) electrons. The topological polar surface area (TPSA) is 75.4 Å². The first kappa shape index (κ1) is 28.1. The summed E-state index contributed by atoms with van der Waals surface area (Å²) in [6, 6.07) is 18.8. The van der Waals surface area contributed by atoms with Crippen LogP contribution < -0.4 is 11.1 Å². The van der Waals surface area contributed by atoms with Crippen molar-refractivity contribution >= 4 is 17.9 Å². The van der Waals surface area contributed by atoms with Crippen molar-refractivity contribution in [1.82, 2.24) is 4.90 Å². The lowest BCUT2D eigenvalue weighted by Gasteiger charge is -2.26. The molecule has 1 aliphatic carbocycles. The molecule has 5 heteroatoms. The van der Waals surface area contributed by atoms with Gasteiger partial charge in [-0.1, -0.05) is 62.7 Å². The number of anilines is 1. The Labute approximate surface area is 217 Å². The van der Waals surface area contributed by atoms with Gasteiger partial charge < -0.3 is 20.7 Å². The minimum absolute atomic E-state index is 0.0735. The minimum Gasteiger partial charge on any atom is -0.328 e. The molecule has 1 heterocycles. The lowest BCUT2D eigenvalue weighted by Crippen LogP contribution is -2.31. The summed E-state index contributed by atoms with van der Waals surface area (Å²) < 4.78 is 0. The number of nitrogens with two attached hydrogens (primary N) is 1. The highest BCUT2D eigenvalue weighted by molar-refractivity contribution is 5.96. The van der Waals surface area contributed by atoms with Crippen molar-refractivity contribution in [1.29, 1.82) is 0 Å². The van der Waals surface area contributed by atoms with Crippen molar-refractivity contribution in [3.8, 4) is 0 Å². The third kappa shape index (κ3) is 9.18. The van der Waals surface area contributed by atoms with Crippen LogP contribution in [0.5, 0.6) is 0 Å². The molecule has 0 aromatic heterocycles. The number of nitrogens with zero attached hydrogens (tertiary/aromatic N) is 1. The Morgan fingerprint density at radius 1 is 1.00 bits per heavy atom. The molecule has 2 aliphatic rings. The average molecular weight is 492 g/mol. The fraction of sp³-hybridized carbons (Fsp3) is 0.548. The second kappa shape index (κ2) is 14.9. The second-order valence-corrected chi connectivity index (χ2v) is 10.8. The van der Waals surface area contributed by atoms with Crippen LogP contribution in [0, 0.1) is 11.8 Å². The van der Waals surface area contributed by atoms with Crippen LogP contribution >= 0.6 is 0 Å². The SMILES string of the molecule is CC(C)C(C(=O)Nc1cccc(CCN2CCCCC2)c1)c1ccccc1.NC1CCC(C=O)CC1. The number of piperidine rings is 1. The fourth-order valence-electron chi connectivity index (χ4n) is 5.28. The van der Waals surface area contributed by atoms with Crippen molar-refractivity contribution in [2.45, 2.75) is 77.2 Å². The average Bonchev–Trinajstić information content (AvgIpc) is 2.90. The minimum atomic E-state index is -0.136. The van der Waals surface area contributed by atoms with Gasteiger partial charge in [0.25, 0.3) is 0 Å². The molecule has 1 saturated carbocycles. The third-order valence-corrected chi connectivity index (χ3v) is 7.48. The van der Waals surface area contributed by atoms with Crippen molar-refractivity contribution in [2.75, 3.05) is 25.0 Å². The van der Waals surface area contributed by atoms with Crippen molar-refractivity contribution < 1.29 is 9.59 Å². The number of benzene rings is 2. The zero-order chi connectivity index (χ0) is 25.8. The van der Waals surface area contributed by atoms with E-state index in [0.29, 0.717) is 12.0 Å². The quantitative estimate of drug-likeness (QED) is 0.458. The van der Waals surface area contributed by atoms with Gasteiger partial charge in [-0.05, 0) is 87.2 Å². The van der Waals surface area contributed by atoms with Crippen LogP contribution in [0.25, 0.3) is 0 Å². The number of hydrogen-bond acceptors (Lipinski definition) is 4. The van der Waals surface area contributed by atoms with E-state index in [4.69, 9.17) is 5.73 Å². The monoisotopic (exact) mass is 491 g/mol. The van der Waals surface area contributed by atoms with Crippen LogP contribution in [-0.2, 0) is 16.0 Å². The van der Waals surface area contributed by atoms with Crippen molar-refractivity contribution in [3.05, 3.63) is 65.7 Å². The molecule has 196 valence electrons. The van der Waals surface area contributed by atoms with Crippen LogP contribution in [-0.4, -0.2) is 42.8 Å². The number of rotatable bonds is 8. The maximum Gasteiger partial charge on any atom is 0.232 e. The maximum atomic E-state index is 13.0. The van der Waals surface area contributed by atoms with Gasteiger partial charge >= 0.3 is 0 Å². The number of likely N-dealkylation sites (tertiary alicyclic amines) is 1. The summed E-state index contributed by atoms with van der Waals surface area (Å²) in [5.41, 5.74) is 8.90. The van der Waals surface area contributed by atoms with Crippen LogP contribution in [0.15, 0.2) is 54.6 Å². The van der Waals surface area contributed by atoms with Crippen LogP contribution in [0.2, 0.25) is 0 Å². The Bertz CT molecular complexity index is 916. The van der Waals surface area contributed by atoms with Crippen LogP contribution in [0.3, 0.4) is 0 Å². The maximum absolute atomic E-state index is 13.0. The Morgan fingerprint density at radius 3 is 2.33 bits per heavy atom. The van der Waals surface area contributed by atoms with E-state index in [-0.39, 0.29) is 17.7 Å². The summed E-state index contributed by atoms with van der Waals surface area (Å²) >= 11 is 0. The van der Waals surface area contributed by atoms with Crippen molar-refractivity contribution in [3.63, 3.8) is 0 Å². The highest BCUT2D eigenvalue weighted by atomic mass is 16.1. The van der Waals surface area contributed by atoms with Gasteiger partial charge in [-0.3, -0.25) is 4.79 Å². The summed E-state index contributed by atoms with van der Waals surface area (Å²) in [6.45, 7) is 7.77. The first-order valence-corrected chi connectivity index (χ1v) is 13.8. The van der Waals surface area contributed by atoms with Gasteiger partial charge in [-0.25, -0.2) is 0 Å². The largest absolute Gasteiger partial charge is 0.328 e. The van der Waals surface area contributed by atoms with Gasteiger partial charge in [0.15, 0.2) is 0 Å². The first-order valence-electron chi connectivity index (χ1n) is 13.8. The summed E-state index contributed by atoms with van der Waals surface area (Å²) in [7, 11) is 0. The molecule has 2 fully saturated rings. The summed E-state index contributed by atoms with van der Waals surface area (Å²) in [6.07, 6.45) is 10.2. The molecule has 0 bridgehead atoms. The molecule has 0 spiro atoms. The summed E-state index contributed by atoms with van der Waals surface area (Å²) in [5, 5.41) is 3.15. The summed E-state index contributed by atoms with van der Waals surface area (Å²) in [4.78, 5) is 25.7. The zero-order valence-electron chi connectivity index (χ0n) is 22.2. The highest BCUT2D eigenvalue weighted by Gasteiger charge is 2.24. The van der Waals surface area contributed by atoms with E-state index in [1.165, 1.54) is 37.9 Å². The molecule has 1 unspecified atom stereocenters. The normalized spacial score (nSPS) is 21.2. The molecule has 3 N–H and O–H groups in total. The van der Waals surface area contributed by atoms with Crippen LogP contribution in [0.4, 0.5) is 5.69 Å². The molecule has 5 nitrogen and oxygen atoms in total. The molecule has 1 saturated heterocycles. The van der Waals surface area contributed by atoms with Gasteiger partial charge in [0, 0.05) is 24.2 Å². The molecule has 4 rings (SSSR count). The van der Waals surface area contributed by atoms with Gasteiger partial charge in [0.1, 0.15) is 6.29 Å². The van der Waals surface area contributed by atoms with Gasteiger partial charge in [-0.2, -0.15) is 0 Å². The van der Waals surface area contributed by atoms with Crippen molar-refractivity contribution in [2.24, 2.45) is 17.6 Å². The van der Waals surface area contributed by atoms with E-state index in [9.17, 15) is 9.59 Å². The number of carbonyl (C=O) groups is 2. The fourth-order valence-corrected chi connectivity index (χ4v) is 5.28. The highest BCUT2D eigenvalue weighted by Crippen LogP contribution is 2.26. The lowest BCUT2D eigenvalue weighted by atomic mass is 9.87. The third-order valence-electron chi connectivity index (χ3n) is 7.48. The predicted molar refractivity (Wildman–Crippen MR) is 149 cm³/mol. The van der Waals surface area contributed by atoms with E-state index in [1.54, 1.807) is 0 Å². The molecular weight excluding hydrogens is 446 g/mol. The van der Waals surface area contributed by atoms with E-state index >= 15 is 0 Å². The molecule has 1 atom stereocenters. The standard InChI is InChI=1S/C24H32N2O.C7H13NO/c1-19(2)23(21-11-5-3-6-12-21)24(27)25-22-13-9-10-20(18-22)14-17-26-15-7-4-8-16-26;8-7-3-1-6(5-9)2-4-7/h3,5-6,9-13,18-19,23H,4,7-8,14-17H2,1-2H3,(H,25,27);5-7H,1-4,8H2. The predicted octanol–water partition coefficient (Wildman–Crippen LogP) is 5.80. The van der Waals surface area contributed by atoms with E-state index < -0.39 is 0 Å². The Hall–Kier alpha value is -2.50. The number of carbonyl (C=O) groups excluding carboxylic acids is 2. The molecule has 2 aromatic carbocycles. The zero-order valence-corrected chi connectivity index (χ0v) is 22.2. The number of nitrogens with one attached hydrogen (secondary N) is 1. The van der Waals surface area contributed by atoms with Gasteiger partial charge in [0.2, 0.25) is 5.91 Å². The molecule has 1 amide bonds. The Kier molecular flexibility index (Phi) is 11.6. The van der Waals surface area contributed by atoms with Gasteiger partial charge in [0.05, 0.1) is 5.92 Å². The number of amides is 1. The van der Waals surface area contributed by atoms with E-state index in [0.717, 1.165) is 56.2 Å². The van der Waals surface area contributed by atoms with E-state index in [1.807, 2.05) is 42.5 Å². The second-order valence-electron chi connectivity index (χ2n) is 10.8. The number of hydrogen-bond donors (Lipinski definition) is 2. The molecular formula is C31H45N3O2. The molecule has 36 heavy (non-hydrogen) atoms. The number of aldehydes is 1. The van der Waals surface area contributed by atoms with Gasteiger partial charge in [-0.15, -0.1) is 0 Å². The van der Waals surface area contributed by atoms with E-state index in [2.05, 4.69) is 36.2 Å². The molecule has 2 aromatic rings. The van der Waals surface area contributed by atoms with Crippen LogP contribution in [0.1, 0.15) is 75.8 Å². The lowest BCUT2D eigenvalue weighted by molar-refractivity contribution is -0.118. The Morgan fingerprint density at radius 2 is 1.69 bits per heavy atom. The first-order chi connectivity index (χ1) is 17.5. The Balaban J connectivity index is 0.000000338. The summed E-state index contributed by atoms with van der Waals surface area (Å²) in [5.74, 6) is 0.493. The molecule has 1 aliphatic heterocycles.